The van der Waals surface area contributed by atoms with E-state index < -0.39 is 0 Å². The zero-order chi connectivity index (χ0) is 16.6. The number of methoxy groups -OCH3 is 2. The van der Waals surface area contributed by atoms with Gasteiger partial charge in [-0.05, 0) is 36.6 Å². The van der Waals surface area contributed by atoms with Gasteiger partial charge in [-0.3, -0.25) is 4.79 Å². The monoisotopic (exact) mass is 375 g/mol. The molecule has 3 rings (SSSR count). The summed E-state index contributed by atoms with van der Waals surface area (Å²) in [5, 5.41) is 2.99. The van der Waals surface area contributed by atoms with Crippen molar-refractivity contribution in [2.45, 2.75) is 19.3 Å². The Morgan fingerprint density at radius 3 is 2.70 bits per heavy atom. The normalized spacial score (nSPS) is 16.0. The van der Waals surface area contributed by atoms with E-state index in [4.69, 9.17) is 9.47 Å². The zero-order valence-electron chi connectivity index (χ0n) is 13.3. The number of aryl methyl sites for hydroxylation is 1. The van der Waals surface area contributed by atoms with Gasteiger partial charge in [0.1, 0.15) is 0 Å². The number of carbonyl (C=O) groups is 1. The van der Waals surface area contributed by atoms with E-state index in [1.54, 1.807) is 14.2 Å². The zero-order valence-corrected chi connectivity index (χ0v) is 14.9. The molecule has 1 atom stereocenters. The van der Waals surface area contributed by atoms with E-state index in [-0.39, 0.29) is 11.8 Å². The van der Waals surface area contributed by atoms with E-state index in [0.29, 0.717) is 17.9 Å². The first kappa shape index (κ1) is 15.9. The summed E-state index contributed by atoms with van der Waals surface area (Å²) in [6.45, 7) is 2.00. The molecule has 0 unspecified atom stereocenters. The Morgan fingerprint density at radius 2 is 2.00 bits per heavy atom. The van der Waals surface area contributed by atoms with E-state index >= 15 is 0 Å². The summed E-state index contributed by atoms with van der Waals surface area (Å²) in [6.07, 6.45) is 0.557. The van der Waals surface area contributed by atoms with Crippen LogP contribution in [0.5, 0.6) is 11.5 Å². The predicted octanol–water partition coefficient (Wildman–Crippen LogP) is 4.05. The second-order valence-electron chi connectivity index (χ2n) is 5.59. The minimum absolute atomic E-state index is 0.0234. The number of amides is 1. The van der Waals surface area contributed by atoms with Crippen molar-refractivity contribution in [2.24, 2.45) is 0 Å². The summed E-state index contributed by atoms with van der Waals surface area (Å²) < 4.78 is 11.8. The van der Waals surface area contributed by atoms with Gasteiger partial charge in [-0.1, -0.05) is 34.1 Å². The molecule has 0 saturated heterocycles. The Morgan fingerprint density at radius 1 is 1.22 bits per heavy atom. The summed E-state index contributed by atoms with van der Waals surface area (Å²) in [6, 6.07) is 9.83. The molecule has 2 aromatic carbocycles. The summed E-state index contributed by atoms with van der Waals surface area (Å²) in [7, 11) is 3.22. The maximum Gasteiger partial charge on any atom is 0.232 e. The van der Waals surface area contributed by atoms with E-state index in [9.17, 15) is 4.79 Å². The number of anilines is 1. The Bertz CT molecular complexity index is 773. The van der Waals surface area contributed by atoms with Crippen LogP contribution in [0.2, 0.25) is 0 Å². The molecule has 0 radical (unpaired) electrons. The van der Waals surface area contributed by atoms with Gasteiger partial charge in [0.05, 0.1) is 20.1 Å². The second-order valence-corrected chi connectivity index (χ2v) is 6.50. The maximum absolute atomic E-state index is 12.4. The summed E-state index contributed by atoms with van der Waals surface area (Å²) in [4.78, 5) is 12.4. The van der Waals surface area contributed by atoms with Crippen molar-refractivity contribution >= 4 is 27.5 Å². The molecular weight excluding hydrogens is 358 g/mol. The van der Waals surface area contributed by atoms with Crippen molar-refractivity contribution in [3.8, 4) is 11.5 Å². The number of nitrogens with one attached hydrogen (secondary N) is 1. The minimum Gasteiger partial charge on any atom is -0.493 e. The Kier molecular flexibility index (Phi) is 4.31. The topological polar surface area (TPSA) is 47.6 Å². The van der Waals surface area contributed by atoms with Crippen LogP contribution in [0.3, 0.4) is 0 Å². The molecule has 120 valence electrons. The number of halogens is 1. The number of hydrogen-bond donors (Lipinski definition) is 1. The van der Waals surface area contributed by atoms with Gasteiger partial charge in [0.2, 0.25) is 5.91 Å². The molecule has 0 aromatic heterocycles. The molecule has 0 aliphatic carbocycles. The highest BCUT2D eigenvalue weighted by Gasteiger charge is 2.32. The SMILES string of the molecule is COc1cc(Br)cc(C[C@@H]2C(=O)Nc3c(C)cccc32)c1OC. The molecule has 1 heterocycles. The van der Waals surface area contributed by atoms with Crippen LogP contribution in [0.15, 0.2) is 34.8 Å². The van der Waals surface area contributed by atoms with Crippen LogP contribution in [0.4, 0.5) is 5.69 Å². The van der Waals surface area contributed by atoms with Crippen molar-refractivity contribution < 1.29 is 14.3 Å². The highest BCUT2D eigenvalue weighted by Crippen LogP contribution is 2.41. The summed E-state index contributed by atoms with van der Waals surface area (Å²) in [5.41, 5.74) is 3.99. The van der Waals surface area contributed by atoms with Crippen LogP contribution < -0.4 is 14.8 Å². The van der Waals surface area contributed by atoms with Gasteiger partial charge in [0, 0.05) is 15.7 Å². The quantitative estimate of drug-likeness (QED) is 0.876. The third kappa shape index (κ3) is 2.81. The lowest BCUT2D eigenvalue weighted by Crippen LogP contribution is -2.15. The van der Waals surface area contributed by atoms with Crippen molar-refractivity contribution in [1.82, 2.24) is 0 Å². The van der Waals surface area contributed by atoms with Gasteiger partial charge >= 0.3 is 0 Å². The third-order valence-corrected chi connectivity index (χ3v) is 4.65. The van der Waals surface area contributed by atoms with Gasteiger partial charge in [0.25, 0.3) is 0 Å². The number of ether oxygens (including phenoxy) is 2. The predicted molar refractivity (Wildman–Crippen MR) is 93.5 cm³/mol. The van der Waals surface area contributed by atoms with Crippen LogP contribution in [-0.2, 0) is 11.2 Å². The lowest BCUT2D eigenvalue weighted by Gasteiger charge is -2.16. The largest absolute Gasteiger partial charge is 0.493 e. The lowest BCUT2D eigenvalue weighted by molar-refractivity contribution is -0.117. The van der Waals surface area contributed by atoms with Crippen LogP contribution in [0, 0.1) is 6.92 Å². The number of carbonyl (C=O) groups excluding carboxylic acids is 1. The summed E-state index contributed by atoms with van der Waals surface area (Å²) >= 11 is 3.49. The molecule has 0 fully saturated rings. The van der Waals surface area contributed by atoms with Crippen molar-refractivity contribution in [3.63, 3.8) is 0 Å². The molecule has 5 heteroatoms. The number of benzene rings is 2. The number of fused-ring (bicyclic) bond motifs is 1. The Hall–Kier alpha value is -2.01. The molecule has 2 aromatic rings. The fraction of sp³-hybridized carbons (Fsp3) is 0.278. The molecule has 4 nitrogen and oxygen atoms in total. The molecule has 1 aliphatic rings. The first-order valence-corrected chi connectivity index (χ1v) is 8.15. The smallest absolute Gasteiger partial charge is 0.232 e. The van der Waals surface area contributed by atoms with Gasteiger partial charge in [-0.15, -0.1) is 0 Å². The highest BCUT2D eigenvalue weighted by molar-refractivity contribution is 9.10. The standard InChI is InChI=1S/C18H18BrNO3/c1-10-5-4-6-13-14(18(21)20-16(10)13)8-11-7-12(19)9-15(22-2)17(11)23-3/h4-7,9,14H,8H2,1-3H3,(H,20,21)/t14-/m0/s1. The van der Waals surface area contributed by atoms with Gasteiger partial charge in [-0.25, -0.2) is 0 Å². The average Bonchev–Trinajstić information content (AvgIpc) is 2.84. The van der Waals surface area contributed by atoms with Crippen molar-refractivity contribution in [3.05, 3.63) is 51.5 Å². The highest BCUT2D eigenvalue weighted by atomic mass is 79.9. The molecule has 0 saturated carbocycles. The maximum atomic E-state index is 12.4. The van der Waals surface area contributed by atoms with E-state index in [0.717, 1.165) is 26.9 Å². The first-order chi connectivity index (χ1) is 11.0. The fourth-order valence-corrected chi connectivity index (χ4v) is 3.57. The van der Waals surface area contributed by atoms with Crippen molar-refractivity contribution in [1.29, 1.82) is 0 Å². The number of hydrogen-bond acceptors (Lipinski definition) is 3. The molecule has 1 N–H and O–H groups in total. The summed E-state index contributed by atoms with van der Waals surface area (Å²) in [5.74, 6) is 1.12. The van der Waals surface area contributed by atoms with Crippen LogP contribution in [0.25, 0.3) is 0 Å². The molecule has 1 amide bonds. The fourth-order valence-electron chi connectivity index (χ4n) is 3.08. The third-order valence-electron chi connectivity index (χ3n) is 4.19. The number of para-hydroxylation sites is 1. The van der Waals surface area contributed by atoms with E-state index in [1.165, 1.54) is 0 Å². The molecule has 0 spiro atoms. The lowest BCUT2D eigenvalue weighted by atomic mass is 9.92. The van der Waals surface area contributed by atoms with Gasteiger partial charge < -0.3 is 14.8 Å². The average molecular weight is 376 g/mol. The number of rotatable bonds is 4. The molecule has 0 bridgehead atoms. The molecular formula is C18H18BrNO3. The first-order valence-electron chi connectivity index (χ1n) is 7.36. The molecule has 1 aliphatic heterocycles. The minimum atomic E-state index is -0.224. The van der Waals surface area contributed by atoms with E-state index in [2.05, 4.69) is 21.2 Å². The van der Waals surface area contributed by atoms with E-state index in [1.807, 2.05) is 37.3 Å². The molecule has 23 heavy (non-hydrogen) atoms. The van der Waals surface area contributed by atoms with Crippen molar-refractivity contribution in [2.75, 3.05) is 19.5 Å². The van der Waals surface area contributed by atoms with Crippen LogP contribution in [0.1, 0.15) is 22.6 Å². The van der Waals surface area contributed by atoms with Crippen LogP contribution >= 0.6 is 15.9 Å². The Balaban J connectivity index is 2.02. The van der Waals surface area contributed by atoms with Crippen LogP contribution in [-0.4, -0.2) is 20.1 Å². The van der Waals surface area contributed by atoms with Gasteiger partial charge in [-0.2, -0.15) is 0 Å². The van der Waals surface area contributed by atoms with Gasteiger partial charge in [0.15, 0.2) is 11.5 Å². The Labute approximate surface area is 143 Å². The second kappa shape index (κ2) is 6.24.